The summed E-state index contributed by atoms with van der Waals surface area (Å²) in [7, 11) is 1.63. The van der Waals surface area contributed by atoms with Crippen molar-refractivity contribution in [2.75, 3.05) is 17.7 Å². The van der Waals surface area contributed by atoms with Crippen LogP contribution in [0.25, 0.3) is 5.70 Å². The molecule has 2 N–H and O–H groups in total. The molecule has 164 valence electrons. The van der Waals surface area contributed by atoms with Gasteiger partial charge in [0.15, 0.2) is 0 Å². The molecule has 2 heterocycles. The maximum atomic E-state index is 12.6. The maximum Gasteiger partial charge on any atom is 0.258 e. The molecule has 0 radical (unpaired) electrons. The van der Waals surface area contributed by atoms with E-state index in [2.05, 4.69) is 26.8 Å². The van der Waals surface area contributed by atoms with Crippen LogP contribution in [0, 0.1) is 0 Å². The summed E-state index contributed by atoms with van der Waals surface area (Å²) in [6.07, 6.45) is 2.07. The highest BCUT2D eigenvalue weighted by Crippen LogP contribution is 2.34. The lowest BCUT2D eigenvalue weighted by Crippen LogP contribution is -2.20. The van der Waals surface area contributed by atoms with Gasteiger partial charge in [0.25, 0.3) is 11.9 Å². The van der Waals surface area contributed by atoms with Crippen LogP contribution < -0.4 is 15.4 Å². The zero-order chi connectivity index (χ0) is 22.8. The van der Waals surface area contributed by atoms with Crippen LogP contribution in [0.1, 0.15) is 27.5 Å². The Balaban J connectivity index is 1.51. The van der Waals surface area contributed by atoms with Gasteiger partial charge in [0, 0.05) is 16.3 Å². The lowest BCUT2D eigenvalue weighted by atomic mass is 10.0. The predicted octanol–water partition coefficient (Wildman–Crippen LogP) is 5.25. The van der Waals surface area contributed by atoms with Gasteiger partial charge in [0.2, 0.25) is 5.95 Å². The van der Waals surface area contributed by atoms with Gasteiger partial charge in [-0.25, -0.2) is 4.68 Å². The molecule has 0 fully saturated rings. The smallest absolute Gasteiger partial charge is 0.258 e. The number of rotatable bonds is 5. The van der Waals surface area contributed by atoms with Gasteiger partial charge in [-0.2, -0.15) is 4.98 Å². The van der Waals surface area contributed by atoms with Gasteiger partial charge < -0.3 is 10.1 Å². The van der Waals surface area contributed by atoms with E-state index in [1.165, 1.54) is 0 Å². The number of aromatic nitrogens is 3. The van der Waals surface area contributed by atoms with E-state index in [-0.39, 0.29) is 17.9 Å². The first-order valence-electron chi connectivity index (χ1n) is 10.3. The largest absolute Gasteiger partial charge is 0.497 e. The number of carbonyl (C=O) groups is 1. The monoisotopic (exact) mass is 457 g/mol. The van der Waals surface area contributed by atoms with E-state index in [0.717, 1.165) is 22.6 Å². The van der Waals surface area contributed by atoms with Gasteiger partial charge in [-0.15, -0.1) is 5.10 Å². The van der Waals surface area contributed by atoms with E-state index >= 15 is 0 Å². The van der Waals surface area contributed by atoms with Crippen molar-refractivity contribution in [3.8, 4) is 5.75 Å². The first-order chi connectivity index (χ1) is 16.1. The Bertz CT molecular complexity index is 1320. The first-order valence-corrected chi connectivity index (χ1v) is 10.7. The van der Waals surface area contributed by atoms with E-state index in [0.29, 0.717) is 16.5 Å². The Morgan fingerprint density at radius 1 is 1.03 bits per heavy atom. The molecule has 33 heavy (non-hydrogen) atoms. The molecule has 0 saturated carbocycles. The molecular formula is C25H20ClN5O2. The molecule has 3 aromatic carbocycles. The van der Waals surface area contributed by atoms with Crippen LogP contribution >= 0.6 is 11.6 Å². The Kier molecular flexibility index (Phi) is 5.54. The minimum Gasteiger partial charge on any atom is -0.497 e. The second-order valence-electron chi connectivity index (χ2n) is 7.45. The SMILES string of the molecule is COc1ccc([C@H]2C=C(c3ccc(Cl)cc3)Nc3nc(NC(=O)c4ccccc4)nn32)cc1. The Labute approximate surface area is 195 Å². The van der Waals surface area contributed by atoms with E-state index in [9.17, 15) is 4.79 Å². The summed E-state index contributed by atoms with van der Waals surface area (Å²) in [5.74, 6) is 1.23. The Morgan fingerprint density at radius 2 is 1.76 bits per heavy atom. The third kappa shape index (κ3) is 4.31. The van der Waals surface area contributed by atoms with Crippen molar-refractivity contribution >= 4 is 35.1 Å². The summed E-state index contributed by atoms with van der Waals surface area (Å²) >= 11 is 6.07. The fourth-order valence-corrected chi connectivity index (χ4v) is 3.77. The Morgan fingerprint density at radius 3 is 2.45 bits per heavy atom. The normalized spacial score (nSPS) is 14.6. The molecule has 0 spiro atoms. The molecule has 4 aromatic rings. The van der Waals surface area contributed by atoms with Crippen molar-refractivity contribution < 1.29 is 9.53 Å². The van der Waals surface area contributed by atoms with Gasteiger partial charge in [0.1, 0.15) is 11.8 Å². The van der Waals surface area contributed by atoms with Crippen molar-refractivity contribution in [1.82, 2.24) is 14.8 Å². The molecule has 1 amide bonds. The van der Waals surface area contributed by atoms with Crippen LogP contribution in [-0.2, 0) is 0 Å². The van der Waals surface area contributed by atoms with Gasteiger partial charge in [0.05, 0.1) is 7.11 Å². The number of nitrogens with zero attached hydrogens (tertiary/aromatic N) is 3. The maximum absolute atomic E-state index is 12.6. The second-order valence-corrected chi connectivity index (χ2v) is 7.89. The topological polar surface area (TPSA) is 81.1 Å². The number of benzene rings is 3. The summed E-state index contributed by atoms with van der Waals surface area (Å²) in [5.41, 5.74) is 3.36. The highest BCUT2D eigenvalue weighted by Gasteiger charge is 2.26. The average Bonchev–Trinajstić information content (AvgIpc) is 3.27. The summed E-state index contributed by atoms with van der Waals surface area (Å²) in [5, 5.41) is 11.3. The predicted molar refractivity (Wildman–Crippen MR) is 129 cm³/mol. The summed E-state index contributed by atoms with van der Waals surface area (Å²) in [6.45, 7) is 0. The summed E-state index contributed by atoms with van der Waals surface area (Å²) in [6, 6.07) is 24.1. The third-order valence-electron chi connectivity index (χ3n) is 5.34. The number of amides is 1. The number of fused-ring (bicyclic) bond motifs is 1. The fourth-order valence-electron chi connectivity index (χ4n) is 3.65. The van der Waals surface area contributed by atoms with Crippen LogP contribution in [-0.4, -0.2) is 27.8 Å². The molecule has 0 aliphatic carbocycles. The van der Waals surface area contributed by atoms with E-state index in [1.807, 2.05) is 66.7 Å². The van der Waals surface area contributed by atoms with Gasteiger partial charge in [-0.3, -0.25) is 10.1 Å². The van der Waals surface area contributed by atoms with Crippen LogP contribution in [0.4, 0.5) is 11.9 Å². The zero-order valence-corrected chi connectivity index (χ0v) is 18.5. The van der Waals surface area contributed by atoms with Crippen molar-refractivity contribution in [2.45, 2.75) is 6.04 Å². The number of allylic oxidation sites excluding steroid dienone is 1. The lowest BCUT2D eigenvalue weighted by Gasteiger charge is -2.24. The molecule has 0 saturated heterocycles. The Hall–Kier alpha value is -4.10. The quantitative estimate of drug-likeness (QED) is 0.428. The van der Waals surface area contributed by atoms with E-state index in [1.54, 1.807) is 23.9 Å². The lowest BCUT2D eigenvalue weighted by molar-refractivity contribution is 0.102. The minimum absolute atomic E-state index is 0.218. The molecule has 1 aromatic heterocycles. The first kappa shape index (κ1) is 20.8. The highest BCUT2D eigenvalue weighted by atomic mass is 35.5. The highest BCUT2D eigenvalue weighted by molar-refractivity contribution is 6.30. The molecule has 0 bridgehead atoms. The number of halogens is 1. The number of carbonyl (C=O) groups excluding carboxylic acids is 1. The van der Waals surface area contributed by atoms with Gasteiger partial charge >= 0.3 is 0 Å². The number of methoxy groups -OCH3 is 1. The van der Waals surface area contributed by atoms with Crippen molar-refractivity contribution in [1.29, 1.82) is 0 Å². The molecule has 1 aliphatic heterocycles. The third-order valence-corrected chi connectivity index (χ3v) is 5.59. The van der Waals surface area contributed by atoms with Crippen LogP contribution in [0.3, 0.4) is 0 Å². The van der Waals surface area contributed by atoms with Crippen molar-refractivity contribution in [3.63, 3.8) is 0 Å². The average molecular weight is 458 g/mol. The van der Waals surface area contributed by atoms with Crippen molar-refractivity contribution in [2.24, 2.45) is 0 Å². The molecule has 8 heteroatoms. The van der Waals surface area contributed by atoms with E-state index in [4.69, 9.17) is 16.3 Å². The van der Waals surface area contributed by atoms with Crippen LogP contribution in [0.2, 0.25) is 5.02 Å². The summed E-state index contributed by atoms with van der Waals surface area (Å²) < 4.78 is 7.05. The number of anilines is 2. The number of hydrogen-bond acceptors (Lipinski definition) is 5. The standard InChI is InChI=1S/C25H20ClN5O2/c1-33-20-13-9-17(10-14-20)22-15-21(16-7-11-19(26)12-8-16)27-25-29-24(30-31(22)25)28-23(32)18-5-3-2-4-6-18/h2-15,22H,1H3,(H2,27,28,29,30,32)/t22-/m1/s1. The molecule has 1 atom stereocenters. The molecular weight excluding hydrogens is 438 g/mol. The second kappa shape index (κ2) is 8.80. The minimum atomic E-state index is -0.273. The zero-order valence-electron chi connectivity index (χ0n) is 17.7. The van der Waals surface area contributed by atoms with Crippen molar-refractivity contribution in [3.05, 3.63) is 107 Å². The summed E-state index contributed by atoms with van der Waals surface area (Å²) in [4.78, 5) is 17.1. The van der Waals surface area contributed by atoms with Gasteiger partial charge in [-0.1, -0.05) is 54.1 Å². The number of hydrogen-bond donors (Lipinski definition) is 2. The molecule has 0 unspecified atom stereocenters. The molecule has 1 aliphatic rings. The van der Waals surface area contributed by atoms with E-state index < -0.39 is 0 Å². The molecule has 7 nitrogen and oxygen atoms in total. The number of ether oxygens (including phenoxy) is 1. The fraction of sp³-hybridized carbons (Fsp3) is 0.0800. The molecule has 5 rings (SSSR count). The van der Waals surface area contributed by atoms with Gasteiger partial charge in [-0.05, 0) is 53.6 Å². The van der Waals surface area contributed by atoms with Crippen LogP contribution in [0.5, 0.6) is 5.75 Å². The number of nitrogens with one attached hydrogen (secondary N) is 2. The van der Waals surface area contributed by atoms with Crippen LogP contribution in [0.15, 0.2) is 84.9 Å².